The van der Waals surface area contributed by atoms with E-state index in [2.05, 4.69) is 36.1 Å². The van der Waals surface area contributed by atoms with Gasteiger partial charge in [-0.05, 0) is 24.7 Å². The first-order valence-corrected chi connectivity index (χ1v) is 7.69. The van der Waals surface area contributed by atoms with Crippen LogP contribution in [-0.4, -0.2) is 34.5 Å². The third kappa shape index (κ3) is 3.75. The van der Waals surface area contributed by atoms with Crippen molar-refractivity contribution >= 4 is 23.3 Å². The molecular weight excluding hydrogens is 284 g/mol. The monoisotopic (exact) mass is 308 g/mol. The van der Waals surface area contributed by atoms with Crippen molar-refractivity contribution in [1.29, 1.82) is 0 Å². The summed E-state index contributed by atoms with van der Waals surface area (Å²) in [5, 5.41) is 14.4. The number of nitrogens with zero attached hydrogens (tertiary/aromatic N) is 4. The highest BCUT2D eigenvalue weighted by molar-refractivity contribution is 5.71. The van der Waals surface area contributed by atoms with E-state index in [-0.39, 0.29) is 11.5 Å². The Kier molecular flexibility index (Phi) is 4.99. The third-order valence-corrected chi connectivity index (χ3v) is 3.70. The number of piperidine rings is 1. The highest BCUT2D eigenvalue weighted by Gasteiger charge is 2.29. The Balaban J connectivity index is 2.36. The fourth-order valence-corrected chi connectivity index (χ4v) is 2.61. The van der Waals surface area contributed by atoms with E-state index in [0.29, 0.717) is 30.1 Å². The molecule has 0 bridgehead atoms. The summed E-state index contributed by atoms with van der Waals surface area (Å²) in [6, 6.07) is 0. The van der Waals surface area contributed by atoms with Crippen molar-refractivity contribution in [2.45, 2.75) is 33.6 Å². The van der Waals surface area contributed by atoms with Crippen molar-refractivity contribution in [2.24, 2.45) is 11.8 Å². The van der Waals surface area contributed by atoms with E-state index in [1.807, 2.05) is 4.90 Å². The Hall–Kier alpha value is -2.12. The summed E-state index contributed by atoms with van der Waals surface area (Å²) in [4.78, 5) is 21.2. The lowest BCUT2D eigenvalue weighted by molar-refractivity contribution is -0.383. The molecule has 1 aliphatic heterocycles. The van der Waals surface area contributed by atoms with Gasteiger partial charge < -0.3 is 16.0 Å². The zero-order chi connectivity index (χ0) is 16.3. The summed E-state index contributed by atoms with van der Waals surface area (Å²) in [6.45, 7) is 8.46. The molecule has 2 rings (SSSR count). The van der Waals surface area contributed by atoms with Crippen LogP contribution in [0.2, 0.25) is 0 Å². The molecule has 8 nitrogen and oxygen atoms in total. The van der Waals surface area contributed by atoms with E-state index < -0.39 is 4.92 Å². The van der Waals surface area contributed by atoms with Crippen LogP contribution in [0.4, 0.5) is 23.3 Å². The smallest absolute Gasteiger partial charge is 0.353 e. The van der Waals surface area contributed by atoms with Crippen LogP contribution in [-0.2, 0) is 0 Å². The molecule has 1 atom stereocenters. The minimum Gasteiger partial charge on any atom is -0.378 e. The Labute approximate surface area is 130 Å². The molecule has 3 N–H and O–H groups in total. The van der Waals surface area contributed by atoms with Crippen LogP contribution in [0, 0.1) is 22.0 Å². The quantitative estimate of drug-likeness (QED) is 0.634. The molecule has 1 unspecified atom stereocenters. The van der Waals surface area contributed by atoms with Crippen LogP contribution in [0.5, 0.6) is 0 Å². The Morgan fingerprint density at radius 3 is 2.82 bits per heavy atom. The van der Waals surface area contributed by atoms with Gasteiger partial charge in [-0.25, -0.2) is 0 Å². The van der Waals surface area contributed by atoms with Crippen LogP contribution in [0.25, 0.3) is 0 Å². The molecule has 1 aromatic rings. The Bertz CT molecular complexity index is 548. The SMILES string of the molecule is CC(C)CNc1nc(N)c([N+](=O)[O-])c(N2CCCC(C)C2)n1. The second kappa shape index (κ2) is 6.76. The first-order valence-electron chi connectivity index (χ1n) is 7.69. The molecule has 0 spiro atoms. The van der Waals surface area contributed by atoms with Gasteiger partial charge in [0, 0.05) is 19.6 Å². The van der Waals surface area contributed by atoms with Gasteiger partial charge in [0.1, 0.15) is 0 Å². The van der Waals surface area contributed by atoms with Crippen LogP contribution < -0.4 is 16.0 Å². The molecule has 2 heterocycles. The van der Waals surface area contributed by atoms with Gasteiger partial charge in [0.05, 0.1) is 4.92 Å². The van der Waals surface area contributed by atoms with Crippen molar-refractivity contribution in [3.63, 3.8) is 0 Å². The van der Waals surface area contributed by atoms with Gasteiger partial charge >= 0.3 is 5.69 Å². The molecule has 0 saturated carbocycles. The number of anilines is 3. The van der Waals surface area contributed by atoms with Crippen molar-refractivity contribution in [2.75, 3.05) is 35.6 Å². The average molecular weight is 308 g/mol. The van der Waals surface area contributed by atoms with E-state index in [1.165, 1.54) is 0 Å². The fraction of sp³-hybridized carbons (Fsp3) is 0.714. The van der Waals surface area contributed by atoms with E-state index in [9.17, 15) is 10.1 Å². The molecule has 0 amide bonds. The van der Waals surface area contributed by atoms with Crippen LogP contribution in [0.15, 0.2) is 0 Å². The van der Waals surface area contributed by atoms with Crippen molar-refractivity contribution in [3.8, 4) is 0 Å². The standard InChI is InChI=1S/C14H24N6O2/c1-9(2)7-16-14-17-12(15)11(20(21)22)13(18-14)19-6-4-5-10(3)8-19/h9-10H,4-8H2,1-3H3,(H3,15,16,17,18). The van der Waals surface area contributed by atoms with Crippen molar-refractivity contribution in [1.82, 2.24) is 9.97 Å². The van der Waals surface area contributed by atoms with E-state index in [4.69, 9.17) is 5.73 Å². The number of nitrogen functional groups attached to an aromatic ring is 1. The maximum absolute atomic E-state index is 11.3. The third-order valence-electron chi connectivity index (χ3n) is 3.70. The molecule has 0 aromatic carbocycles. The van der Waals surface area contributed by atoms with E-state index >= 15 is 0 Å². The van der Waals surface area contributed by atoms with Crippen LogP contribution >= 0.6 is 0 Å². The number of nitrogens with one attached hydrogen (secondary N) is 1. The second-order valence-electron chi connectivity index (χ2n) is 6.33. The normalized spacial score (nSPS) is 18.5. The first-order chi connectivity index (χ1) is 10.4. The van der Waals surface area contributed by atoms with Gasteiger partial charge in [-0.3, -0.25) is 10.1 Å². The van der Waals surface area contributed by atoms with Gasteiger partial charge in [0.25, 0.3) is 0 Å². The predicted octanol–water partition coefficient (Wildman–Crippen LogP) is 2.27. The Morgan fingerprint density at radius 2 is 2.23 bits per heavy atom. The molecule has 0 aliphatic carbocycles. The zero-order valence-corrected chi connectivity index (χ0v) is 13.4. The first kappa shape index (κ1) is 16.3. The average Bonchev–Trinajstić information content (AvgIpc) is 2.44. The van der Waals surface area contributed by atoms with Gasteiger partial charge in [-0.15, -0.1) is 0 Å². The van der Waals surface area contributed by atoms with Gasteiger partial charge in [-0.1, -0.05) is 20.8 Å². The fourth-order valence-electron chi connectivity index (χ4n) is 2.61. The highest BCUT2D eigenvalue weighted by atomic mass is 16.6. The summed E-state index contributed by atoms with van der Waals surface area (Å²) in [5.74, 6) is 1.50. The molecule has 1 saturated heterocycles. The van der Waals surface area contributed by atoms with Crippen molar-refractivity contribution < 1.29 is 4.92 Å². The van der Waals surface area contributed by atoms with Gasteiger partial charge in [-0.2, -0.15) is 9.97 Å². The molecule has 1 fully saturated rings. The number of hydrogen-bond donors (Lipinski definition) is 2. The predicted molar refractivity (Wildman–Crippen MR) is 87.0 cm³/mol. The molecule has 8 heteroatoms. The highest BCUT2D eigenvalue weighted by Crippen LogP contribution is 2.34. The van der Waals surface area contributed by atoms with E-state index in [0.717, 1.165) is 25.9 Å². The molecular formula is C14H24N6O2. The lowest BCUT2D eigenvalue weighted by Crippen LogP contribution is -2.35. The van der Waals surface area contributed by atoms with Gasteiger partial charge in [0.15, 0.2) is 0 Å². The second-order valence-corrected chi connectivity index (χ2v) is 6.33. The summed E-state index contributed by atoms with van der Waals surface area (Å²) in [6.07, 6.45) is 2.13. The molecule has 22 heavy (non-hydrogen) atoms. The Morgan fingerprint density at radius 1 is 1.50 bits per heavy atom. The largest absolute Gasteiger partial charge is 0.378 e. The lowest BCUT2D eigenvalue weighted by atomic mass is 10.0. The minimum atomic E-state index is -0.490. The number of hydrogen-bond acceptors (Lipinski definition) is 7. The van der Waals surface area contributed by atoms with Crippen LogP contribution in [0.3, 0.4) is 0 Å². The maximum atomic E-state index is 11.3. The maximum Gasteiger partial charge on any atom is 0.353 e. The summed E-state index contributed by atoms with van der Waals surface area (Å²) < 4.78 is 0. The number of rotatable bonds is 5. The van der Waals surface area contributed by atoms with Gasteiger partial charge in [0.2, 0.25) is 17.6 Å². The number of aromatic nitrogens is 2. The molecule has 1 aromatic heterocycles. The molecule has 0 radical (unpaired) electrons. The topological polar surface area (TPSA) is 110 Å². The molecule has 122 valence electrons. The summed E-state index contributed by atoms with van der Waals surface area (Å²) >= 11 is 0. The summed E-state index contributed by atoms with van der Waals surface area (Å²) in [5.41, 5.74) is 5.62. The molecule has 1 aliphatic rings. The van der Waals surface area contributed by atoms with Crippen molar-refractivity contribution in [3.05, 3.63) is 10.1 Å². The zero-order valence-electron chi connectivity index (χ0n) is 13.4. The number of nitro groups is 1. The van der Waals surface area contributed by atoms with E-state index in [1.54, 1.807) is 0 Å². The summed E-state index contributed by atoms with van der Waals surface area (Å²) in [7, 11) is 0. The minimum absolute atomic E-state index is 0.0838. The van der Waals surface area contributed by atoms with Crippen LogP contribution in [0.1, 0.15) is 33.6 Å². The lowest BCUT2D eigenvalue weighted by Gasteiger charge is -2.31. The number of nitrogens with two attached hydrogens (primary N) is 1.